The van der Waals surface area contributed by atoms with Gasteiger partial charge in [-0.15, -0.1) is 0 Å². The van der Waals surface area contributed by atoms with Crippen LogP contribution in [0.5, 0.6) is 0 Å². The lowest BCUT2D eigenvalue weighted by atomic mass is 9.98. The molecule has 21 heavy (non-hydrogen) atoms. The van der Waals surface area contributed by atoms with E-state index in [1.165, 1.54) is 11.1 Å². The maximum atomic E-state index is 6.21. The van der Waals surface area contributed by atoms with Crippen molar-refractivity contribution in [2.24, 2.45) is 0 Å². The molecule has 2 unspecified atom stereocenters. The number of halogens is 1. The highest BCUT2D eigenvalue weighted by Gasteiger charge is 2.08. The minimum absolute atomic E-state index is 0.438. The van der Waals surface area contributed by atoms with Gasteiger partial charge in [-0.05, 0) is 49.4 Å². The first-order valence-corrected chi connectivity index (χ1v) is 8.06. The van der Waals surface area contributed by atoms with Crippen LogP contribution < -0.4 is 5.32 Å². The summed E-state index contributed by atoms with van der Waals surface area (Å²) in [6.45, 7) is 5.54. The smallest absolute Gasteiger partial charge is 0.0438 e. The lowest BCUT2D eigenvalue weighted by molar-refractivity contribution is 0.513. The van der Waals surface area contributed by atoms with Gasteiger partial charge < -0.3 is 5.32 Å². The zero-order valence-electron chi connectivity index (χ0n) is 12.9. The van der Waals surface area contributed by atoms with Crippen molar-refractivity contribution < 1.29 is 0 Å². The lowest BCUT2D eigenvalue weighted by Crippen LogP contribution is -2.29. The summed E-state index contributed by atoms with van der Waals surface area (Å²) in [5.41, 5.74) is 2.63. The number of benzene rings is 2. The molecule has 0 amide bonds. The van der Waals surface area contributed by atoms with Gasteiger partial charge in [-0.3, -0.25) is 0 Å². The van der Waals surface area contributed by atoms with Gasteiger partial charge in [0, 0.05) is 11.1 Å². The topological polar surface area (TPSA) is 12.0 Å². The Bertz CT molecular complexity index is 538. The van der Waals surface area contributed by atoms with Crippen molar-refractivity contribution in [1.82, 2.24) is 5.32 Å². The first-order valence-electron chi connectivity index (χ1n) is 7.68. The van der Waals surface area contributed by atoms with Crippen molar-refractivity contribution in [1.29, 1.82) is 0 Å². The highest BCUT2D eigenvalue weighted by Crippen LogP contribution is 2.19. The standard InChI is InChI=1S/C19H24ClN/c1-15(17-8-4-3-5-9-17)12-13-21-16(2)14-18-10-6-7-11-19(18)20/h3-11,15-16,21H,12-14H2,1-2H3. The van der Waals surface area contributed by atoms with Crippen molar-refractivity contribution in [2.45, 2.75) is 38.6 Å². The van der Waals surface area contributed by atoms with Crippen molar-refractivity contribution in [3.8, 4) is 0 Å². The minimum atomic E-state index is 0.438. The van der Waals surface area contributed by atoms with Gasteiger partial charge in [0.2, 0.25) is 0 Å². The Morgan fingerprint density at radius 1 is 0.952 bits per heavy atom. The minimum Gasteiger partial charge on any atom is -0.314 e. The van der Waals surface area contributed by atoms with Gasteiger partial charge in [0.05, 0.1) is 0 Å². The van der Waals surface area contributed by atoms with Crippen LogP contribution in [0.4, 0.5) is 0 Å². The molecular weight excluding hydrogens is 278 g/mol. The Balaban J connectivity index is 1.75. The van der Waals surface area contributed by atoms with E-state index in [0.29, 0.717) is 12.0 Å². The number of nitrogens with one attached hydrogen (secondary N) is 1. The predicted molar refractivity (Wildman–Crippen MR) is 92.1 cm³/mol. The molecule has 0 spiro atoms. The molecule has 0 aliphatic heterocycles. The summed E-state index contributed by atoms with van der Waals surface area (Å²) < 4.78 is 0. The van der Waals surface area contributed by atoms with Gasteiger partial charge in [0.25, 0.3) is 0 Å². The highest BCUT2D eigenvalue weighted by molar-refractivity contribution is 6.31. The molecule has 1 N–H and O–H groups in total. The summed E-state index contributed by atoms with van der Waals surface area (Å²) in [6, 6.07) is 19.2. The van der Waals surface area contributed by atoms with Gasteiger partial charge in [-0.25, -0.2) is 0 Å². The van der Waals surface area contributed by atoms with E-state index in [2.05, 4.69) is 55.6 Å². The lowest BCUT2D eigenvalue weighted by Gasteiger charge is -2.17. The Labute approximate surface area is 133 Å². The molecule has 2 aromatic carbocycles. The number of rotatable bonds is 7. The normalized spacial score (nSPS) is 13.9. The Kier molecular flexibility index (Phi) is 6.28. The van der Waals surface area contributed by atoms with Crippen LogP contribution in [0.25, 0.3) is 0 Å². The molecule has 2 rings (SSSR count). The van der Waals surface area contributed by atoms with Crippen molar-refractivity contribution in [3.05, 3.63) is 70.7 Å². The van der Waals surface area contributed by atoms with E-state index in [9.17, 15) is 0 Å². The van der Waals surface area contributed by atoms with Gasteiger partial charge in [0.15, 0.2) is 0 Å². The fraction of sp³-hybridized carbons (Fsp3) is 0.368. The quantitative estimate of drug-likeness (QED) is 0.754. The van der Waals surface area contributed by atoms with Crippen LogP contribution in [0.3, 0.4) is 0 Å². The predicted octanol–water partition coefficient (Wildman–Crippen LogP) is 5.05. The number of hydrogen-bond acceptors (Lipinski definition) is 1. The Morgan fingerprint density at radius 3 is 2.33 bits per heavy atom. The van der Waals surface area contributed by atoms with Gasteiger partial charge in [-0.1, -0.05) is 67.1 Å². The molecule has 0 aromatic heterocycles. The van der Waals surface area contributed by atoms with Gasteiger partial charge in [-0.2, -0.15) is 0 Å². The third-order valence-electron chi connectivity index (χ3n) is 3.92. The molecule has 0 radical (unpaired) electrons. The molecule has 1 nitrogen and oxygen atoms in total. The summed E-state index contributed by atoms with van der Waals surface area (Å²) >= 11 is 6.21. The maximum Gasteiger partial charge on any atom is 0.0438 e. The highest BCUT2D eigenvalue weighted by atomic mass is 35.5. The molecule has 2 heteroatoms. The van der Waals surface area contributed by atoms with E-state index >= 15 is 0 Å². The molecule has 0 aliphatic rings. The molecule has 2 aromatic rings. The fourth-order valence-corrected chi connectivity index (χ4v) is 2.77. The van der Waals surface area contributed by atoms with E-state index in [1.807, 2.05) is 18.2 Å². The summed E-state index contributed by atoms with van der Waals surface area (Å²) in [4.78, 5) is 0. The molecule has 0 bridgehead atoms. The van der Waals surface area contributed by atoms with Gasteiger partial charge in [0.1, 0.15) is 0 Å². The van der Waals surface area contributed by atoms with Gasteiger partial charge >= 0.3 is 0 Å². The first kappa shape index (κ1) is 16.1. The largest absolute Gasteiger partial charge is 0.314 e. The molecule has 0 aliphatic carbocycles. The molecule has 0 heterocycles. The van der Waals surface area contributed by atoms with Crippen LogP contribution >= 0.6 is 11.6 Å². The van der Waals surface area contributed by atoms with Crippen LogP contribution in [-0.2, 0) is 6.42 Å². The zero-order valence-corrected chi connectivity index (χ0v) is 13.6. The zero-order chi connectivity index (χ0) is 15.1. The fourth-order valence-electron chi connectivity index (χ4n) is 2.56. The molecule has 0 saturated heterocycles. The second kappa shape index (κ2) is 8.21. The third kappa shape index (κ3) is 5.18. The molecule has 0 saturated carbocycles. The summed E-state index contributed by atoms with van der Waals surface area (Å²) in [5.74, 6) is 0.589. The van der Waals surface area contributed by atoms with Crippen molar-refractivity contribution in [3.63, 3.8) is 0 Å². The summed E-state index contributed by atoms with van der Waals surface area (Å²) in [7, 11) is 0. The van der Waals surface area contributed by atoms with E-state index in [0.717, 1.165) is 24.4 Å². The second-order valence-electron chi connectivity index (χ2n) is 5.75. The Morgan fingerprint density at radius 2 is 1.62 bits per heavy atom. The van der Waals surface area contributed by atoms with E-state index in [-0.39, 0.29) is 0 Å². The molecule has 112 valence electrons. The van der Waals surface area contributed by atoms with Crippen LogP contribution in [-0.4, -0.2) is 12.6 Å². The summed E-state index contributed by atoms with van der Waals surface area (Å²) in [6.07, 6.45) is 2.12. The first-order chi connectivity index (χ1) is 10.2. The van der Waals surface area contributed by atoms with Crippen LogP contribution in [0, 0.1) is 0 Å². The van der Waals surface area contributed by atoms with Crippen LogP contribution in [0.2, 0.25) is 5.02 Å². The van der Waals surface area contributed by atoms with Crippen molar-refractivity contribution >= 4 is 11.6 Å². The Hall–Kier alpha value is -1.31. The van der Waals surface area contributed by atoms with E-state index < -0.39 is 0 Å². The molecular formula is C19H24ClN. The third-order valence-corrected chi connectivity index (χ3v) is 4.29. The van der Waals surface area contributed by atoms with Crippen LogP contribution in [0.1, 0.15) is 37.3 Å². The number of hydrogen-bond donors (Lipinski definition) is 1. The average Bonchev–Trinajstić information content (AvgIpc) is 2.50. The average molecular weight is 302 g/mol. The van der Waals surface area contributed by atoms with E-state index in [1.54, 1.807) is 0 Å². The SMILES string of the molecule is CC(Cc1ccccc1Cl)NCCC(C)c1ccccc1. The van der Waals surface area contributed by atoms with Crippen LogP contribution in [0.15, 0.2) is 54.6 Å². The van der Waals surface area contributed by atoms with Crippen molar-refractivity contribution in [2.75, 3.05) is 6.54 Å². The maximum absolute atomic E-state index is 6.21. The monoisotopic (exact) mass is 301 g/mol. The summed E-state index contributed by atoms with van der Waals surface area (Å²) in [5, 5.41) is 4.46. The van der Waals surface area contributed by atoms with E-state index in [4.69, 9.17) is 11.6 Å². The molecule has 0 fully saturated rings. The second-order valence-corrected chi connectivity index (χ2v) is 6.16. The molecule has 2 atom stereocenters.